The van der Waals surface area contributed by atoms with E-state index >= 15 is 0 Å². The number of halogens is 1. The largest absolute Gasteiger partial charge is 0.0876 e. The van der Waals surface area contributed by atoms with Crippen LogP contribution in [0.4, 0.5) is 0 Å². The molecule has 1 aromatic rings. The Morgan fingerprint density at radius 2 is 1.64 bits per heavy atom. The number of hydrogen-bond donors (Lipinski definition) is 0. The Morgan fingerprint density at radius 3 is 2.07 bits per heavy atom. The van der Waals surface area contributed by atoms with Crippen molar-refractivity contribution in [3.05, 3.63) is 35.4 Å². The van der Waals surface area contributed by atoms with E-state index in [-0.39, 0.29) is 0 Å². The first-order chi connectivity index (χ1) is 6.63. The van der Waals surface area contributed by atoms with Crippen LogP contribution in [0.15, 0.2) is 24.3 Å². The van der Waals surface area contributed by atoms with Gasteiger partial charge in [0.25, 0.3) is 0 Å². The lowest BCUT2D eigenvalue weighted by Gasteiger charge is -2.14. The highest BCUT2D eigenvalue weighted by atomic mass is 79.9. The summed E-state index contributed by atoms with van der Waals surface area (Å²) in [5.74, 6) is 1.46. The van der Waals surface area contributed by atoms with Gasteiger partial charge in [-0.1, -0.05) is 61.0 Å². The van der Waals surface area contributed by atoms with Crippen LogP contribution in [0.5, 0.6) is 0 Å². The molecule has 1 atom stereocenters. The minimum atomic E-state index is 0.680. The molecule has 0 heterocycles. The first kappa shape index (κ1) is 11.8. The lowest BCUT2D eigenvalue weighted by atomic mass is 9.92. The smallest absolute Gasteiger partial charge is 0.0283 e. The van der Waals surface area contributed by atoms with Gasteiger partial charge in [-0.3, -0.25) is 0 Å². The average Bonchev–Trinajstić information content (AvgIpc) is 2.17. The summed E-state index contributed by atoms with van der Waals surface area (Å²) in [4.78, 5) is 0. The summed E-state index contributed by atoms with van der Waals surface area (Å²) in [5, 5.41) is 0.950. The molecular formula is C13H19Br. The molecule has 0 saturated heterocycles. The van der Waals surface area contributed by atoms with E-state index in [0.717, 1.165) is 11.2 Å². The van der Waals surface area contributed by atoms with Crippen molar-refractivity contribution < 1.29 is 0 Å². The summed E-state index contributed by atoms with van der Waals surface area (Å²) in [7, 11) is 0. The number of hydrogen-bond acceptors (Lipinski definition) is 0. The molecule has 0 nitrogen and oxygen atoms in total. The Hall–Kier alpha value is -0.300. The quantitative estimate of drug-likeness (QED) is 0.682. The molecule has 1 rings (SSSR count). The molecule has 0 aliphatic carbocycles. The Labute approximate surface area is 95.9 Å². The second-order valence-electron chi connectivity index (χ2n) is 4.41. The van der Waals surface area contributed by atoms with E-state index in [1.54, 1.807) is 0 Å². The van der Waals surface area contributed by atoms with Crippen molar-refractivity contribution in [2.24, 2.45) is 5.92 Å². The highest BCUT2D eigenvalue weighted by molar-refractivity contribution is 9.08. The Morgan fingerprint density at radius 1 is 1.07 bits per heavy atom. The fraction of sp³-hybridized carbons (Fsp3) is 0.538. The van der Waals surface area contributed by atoms with Crippen LogP contribution >= 0.6 is 15.9 Å². The summed E-state index contributed by atoms with van der Waals surface area (Å²) >= 11 is 3.46. The fourth-order valence-electron chi connectivity index (χ4n) is 1.78. The third-order valence-corrected chi connectivity index (χ3v) is 3.18. The summed E-state index contributed by atoms with van der Waals surface area (Å²) in [5.41, 5.74) is 2.81. The van der Waals surface area contributed by atoms with Crippen LogP contribution in [-0.2, 0) is 5.33 Å². The Kier molecular flexibility index (Phi) is 4.67. The second-order valence-corrected chi connectivity index (χ2v) is 4.97. The molecule has 1 heteroatoms. The lowest BCUT2D eigenvalue weighted by molar-refractivity contribution is 0.523. The van der Waals surface area contributed by atoms with Gasteiger partial charge in [0, 0.05) is 5.33 Å². The van der Waals surface area contributed by atoms with E-state index < -0.39 is 0 Å². The average molecular weight is 255 g/mol. The monoisotopic (exact) mass is 254 g/mol. The maximum absolute atomic E-state index is 3.46. The fourth-order valence-corrected chi connectivity index (χ4v) is 2.15. The molecule has 0 bridgehead atoms. The highest BCUT2D eigenvalue weighted by Crippen LogP contribution is 2.23. The molecule has 0 N–H and O–H groups in total. The van der Waals surface area contributed by atoms with E-state index in [2.05, 4.69) is 61.0 Å². The van der Waals surface area contributed by atoms with Crippen molar-refractivity contribution in [1.82, 2.24) is 0 Å². The van der Waals surface area contributed by atoms with Gasteiger partial charge in [-0.05, 0) is 29.4 Å². The van der Waals surface area contributed by atoms with Gasteiger partial charge in [-0.15, -0.1) is 0 Å². The molecule has 0 spiro atoms. The zero-order chi connectivity index (χ0) is 10.6. The molecule has 0 fully saturated rings. The maximum atomic E-state index is 3.46. The standard InChI is InChI=1S/C13H19Br/c1-10(2)8-11(3)13-6-4-12(9-14)5-7-13/h4-7,10-11H,8-9H2,1-3H3. The molecule has 0 radical (unpaired) electrons. The minimum Gasteiger partial charge on any atom is -0.0876 e. The SMILES string of the molecule is CC(C)CC(C)c1ccc(CBr)cc1. The van der Waals surface area contributed by atoms with E-state index in [9.17, 15) is 0 Å². The van der Waals surface area contributed by atoms with Crippen LogP contribution in [0.1, 0.15) is 44.2 Å². The van der Waals surface area contributed by atoms with Gasteiger partial charge in [-0.2, -0.15) is 0 Å². The summed E-state index contributed by atoms with van der Waals surface area (Å²) in [6.45, 7) is 6.87. The van der Waals surface area contributed by atoms with Crippen molar-refractivity contribution in [1.29, 1.82) is 0 Å². The topological polar surface area (TPSA) is 0 Å². The zero-order valence-corrected chi connectivity index (χ0v) is 10.8. The van der Waals surface area contributed by atoms with Gasteiger partial charge < -0.3 is 0 Å². The molecule has 1 unspecified atom stereocenters. The molecule has 0 aliphatic rings. The molecule has 0 saturated carbocycles. The lowest BCUT2D eigenvalue weighted by Crippen LogP contribution is -1.98. The molecular weight excluding hydrogens is 236 g/mol. The van der Waals surface area contributed by atoms with Crippen molar-refractivity contribution in [2.45, 2.75) is 38.4 Å². The van der Waals surface area contributed by atoms with Gasteiger partial charge >= 0.3 is 0 Å². The molecule has 0 aromatic heterocycles. The van der Waals surface area contributed by atoms with E-state index in [4.69, 9.17) is 0 Å². The molecule has 1 aromatic carbocycles. The van der Waals surface area contributed by atoms with Gasteiger partial charge in [0.2, 0.25) is 0 Å². The number of rotatable bonds is 4. The number of benzene rings is 1. The first-order valence-electron chi connectivity index (χ1n) is 5.28. The van der Waals surface area contributed by atoms with Crippen LogP contribution < -0.4 is 0 Å². The van der Waals surface area contributed by atoms with Gasteiger partial charge in [0.1, 0.15) is 0 Å². The molecule has 14 heavy (non-hydrogen) atoms. The molecule has 78 valence electrons. The third-order valence-electron chi connectivity index (χ3n) is 2.53. The van der Waals surface area contributed by atoms with Gasteiger partial charge in [0.15, 0.2) is 0 Å². The van der Waals surface area contributed by atoms with Gasteiger partial charge in [0.05, 0.1) is 0 Å². The normalized spacial score (nSPS) is 13.2. The Balaban J connectivity index is 2.66. The second kappa shape index (κ2) is 5.55. The summed E-state index contributed by atoms with van der Waals surface area (Å²) in [6, 6.07) is 8.93. The summed E-state index contributed by atoms with van der Waals surface area (Å²) < 4.78 is 0. The van der Waals surface area contributed by atoms with Crippen LogP contribution in [0.2, 0.25) is 0 Å². The van der Waals surface area contributed by atoms with Crippen molar-refractivity contribution in [3.8, 4) is 0 Å². The van der Waals surface area contributed by atoms with Crippen molar-refractivity contribution in [3.63, 3.8) is 0 Å². The van der Waals surface area contributed by atoms with Crippen LogP contribution in [0, 0.1) is 5.92 Å². The minimum absolute atomic E-state index is 0.680. The van der Waals surface area contributed by atoms with Crippen LogP contribution in [0.25, 0.3) is 0 Å². The van der Waals surface area contributed by atoms with Crippen LogP contribution in [-0.4, -0.2) is 0 Å². The molecule has 0 amide bonds. The van der Waals surface area contributed by atoms with Gasteiger partial charge in [-0.25, -0.2) is 0 Å². The molecule has 0 aliphatic heterocycles. The highest BCUT2D eigenvalue weighted by Gasteiger charge is 2.07. The summed E-state index contributed by atoms with van der Waals surface area (Å²) in [6.07, 6.45) is 1.27. The van der Waals surface area contributed by atoms with Crippen molar-refractivity contribution in [2.75, 3.05) is 0 Å². The predicted octanol–water partition coefficient (Wildman–Crippen LogP) is 4.73. The van der Waals surface area contributed by atoms with E-state index in [0.29, 0.717) is 5.92 Å². The predicted molar refractivity (Wildman–Crippen MR) is 66.9 cm³/mol. The van der Waals surface area contributed by atoms with E-state index in [1.807, 2.05) is 0 Å². The van der Waals surface area contributed by atoms with E-state index in [1.165, 1.54) is 17.5 Å². The first-order valence-corrected chi connectivity index (χ1v) is 6.40. The Bertz CT molecular complexity index is 261. The van der Waals surface area contributed by atoms with Crippen LogP contribution in [0.3, 0.4) is 0 Å². The maximum Gasteiger partial charge on any atom is 0.0283 e. The third kappa shape index (κ3) is 3.45. The number of alkyl halides is 1. The zero-order valence-electron chi connectivity index (χ0n) is 9.26. The van der Waals surface area contributed by atoms with Crippen molar-refractivity contribution >= 4 is 15.9 Å².